The SMILES string of the molecule is COC(CN1CCN(S(=O)(=O)CS(C)(=O)=O)CC1)CN1[C@H]2CC[C@H]1CC(NC(=O)c1cc3ccccc3n(C(C)C)c1=O)C2. The number of fused-ring (bicyclic) bond motifs is 3. The number of nitrogens with one attached hydrogen (secondary N) is 1. The third-order valence-corrected chi connectivity index (χ3v) is 13.3. The molecule has 4 heterocycles. The van der Waals surface area contributed by atoms with Gasteiger partial charge in [0.15, 0.2) is 14.9 Å². The Bertz CT molecular complexity index is 1620. The van der Waals surface area contributed by atoms with Crippen LogP contribution in [0.2, 0.25) is 0 Å². The number of benzene rings is 1. The molecule has 0 aliphatic carbocycles. The predicted octanol–water partition coefficient (Wildman–Crippen LogP) is 1.27. The van der Waals surface area contributed by atoms with Crippen LogP contribution in [0.4, 0.5) is 0 Å². The van der Waals surface area contributed by atoms with E-state index in [4.69, 9.17) is 4.74 Å². The average Bonchev–Trinajstić information content (AvgIpc) is 3.17. The number of piperidine rings is 1. The van der Waals surface area contributed by atoms with Gasteiger partial charge in [-0.3, -0.25) is 19.4 Å². The van der Waals surface area contributed by atoms with Crippen LogP contribution in [0.3, 0.4) is 0 Å². The number of piperazine rings is 1. The average molecular weight is 652 g/mol. The molecule has 1 aromatic heterocycles. The molecule has 14 heteroatoms. The Labute approximate surface area is 260 Å². The van der Waals surface area contributed by atoms with Crippen molar-refractivity contribution in [3.8, 4) is 0 Å². The second-order valence-corrected chi connectivity index (χ2v) is 17.3. The lowest BCUT2D eigenvalue weighted by molar-refractivity contribution is 0.00306. The lowest BCUT2D eigenvalue weighted by Gasteiger charge is -2.42. The molecule has 1 aromatic carbocycles. The first-order valence-corrected chi connectivity index (χ1v) is 19.0. The molecule has 3 saturated heterocycles. The topological polar surface area (TPSA) is 138 Å². The first kappa shape index (κ1) is 33.0. The molecule has 12 nitrogen and oxygen atoms in total. The number of ether oxygens (including phenoxy) is 1. The highest BCUT2D eigenvalue weighted by molar-refractivity contribution is 8.06. The Hall–Kier alpha value is -2.36. The number of carbonyl (C=O) groups excluding carboxylic acids is 1. The first-order chi connectivity index (χ1) is 20.8. The third-order valence-electron chi connectivity index (χ3n) is 9.22. The summed E-state index contributed by atoms with van der Waals surface area (Å²) in [6, 6.07) is 9.86. The summed E-state index contributed by atoms with van der Waals surface area (Å²) in [7, 11) is -5.79. The summed E-state index contributed by atoms with van der Waals surface area (Å²) >= 11 is 0. The smallest absolute Gasteiger partial charge is 0.264 e. The summed E-state index contributed by atoms with van der Waals surface area (Å²) in [6.07, 6.45) is 4.56. The highest BCUT2D eigenvalue weighted by Crippen LogP contribution is 2.36. The van der Waals surface area contributed by atoms with Gasteiger partial charge in [0.05, 0.1) is 11.6 Å². The number of methoxy groups -OCH3 is 1. The Balaban J connectivity index is 1.17. The molecule has 2 aromatic rings. The number of nitrogens with zero attached hydrogens (tertiary/aromatic N) is 4. The van der Waals surface area contributed by atoms with Gasteiger partial charge in [0, 0.05) is 76.8 Å². The molecule has 0 saturated carbocycles. The zero-order valence-electron chi connectivity index (χ0n) is 26.0. The maximum absolute atomic E-state index is 13.4. The van der Waals surface area contributed by atoms with E-state index in [2.05, 4.69) is 15.1 Å². The highest BCUT2D eigenvalue weighted by Gasteiger charge is 2.42. The van der Waals surface area contributed by atoms with E-state index in [-0.39, 0.29) is 48.3 Å². The van der Waals surface area contributed by atoms with Crippen molar-refractivity contribution < 1.29 is 26.4 Å². The fourth-order valence-electron chi connectivity index (χ4n) is 7.18. The molecule has 1 unspecified atom stereocenters. The van der Waals surface area contributed by atoms with E-state index in [0.29, 0.717) is 31.7 Å². The van der Waals surface area contributed by atoms with Crippen molar-refractivity contribution in [2.45, 2.75) is 69.8 Å². The van der Waals surface area contributed by atoms with E-state index in [1.165, 1.54) is 4.31 Å². The van der Waals surface area contributed by atoms with Crippen LogP contribution in [0, 0.1) is 0 Å². The molecule has 1 amide bonds. The molecule has 44 heavy (non-hydrogen) atoms. The summed E-state index contributed by atoms with van der Waals surface area (Å²) in [6.45, 7) is 6.81. The second kappa shape index (κ2) is 13.2. The molecule has 2 bridgehead atoms. The highest BCUT2D eigenvalue weighted by atomic mass is 32.3. The van der Waals surface area contributed by atoms with Gasteiger partial charge >= 0.3 is 0 Å². The van der Waals surface area contributed by atoms with Crippen molar-refractivity contribution in [3.63, 3.8) is 0 Å². The van der Waals surface area contributed by atoms with E-state index in [1.54, 1.807) is 17.7 Å². The molecule has 5 rings (SSSR count). The zero-order valence-corrected chi connectivity index (χ0v) is 27.6. The first-order valence-electron chi connectivity index (χ1n) is 15.4. The van der Waals surface area contributed by atoms with Gasteiger partial charge in [-0.2, -0.15) is 4.31 Å². The van der Waals surface area contributed by atoms with Crippen LogP contribution in [-0.2, 0) is 24.6 Å². The van der Waals surface area contributed by atoms with Crippen molar-refractivity contribution in [1.82, 2.24) is 24.0 Å². The van der Waals surface area contributed by atoms with Crippen molar-refractivity contribution in [3.05, 3.63) is 46.2 Å². The minimum atomic E-state index is -3.85. The Kier molecular flexibility index (Phi) is 9.88. The van der Waals surface area contributed by atoms with Crippen LogP contribution in [0.15, 0.2) is 35.1 Å². The molecule has 3 fully saturated rings. The fourth-order valence-corrected chi connectivity index (χ4v) is 10.7. The van der Waals surface area contributed by atoms with Crippen molar-refractivity contribution in [1.29, 1.82) is 0 Å². The molecule has 3 atom stereocenters. The van der Waals surface area contributed by atoms with Gasteiger partial charge in [-0.15, -0.1) is 0 Å². The van der Waals surface area contributed by atoms with Gasteiger partial charge in [-0.1, -0.05) is 18.2 Å². The standard InChI is InChI=1S/C30H45N5O7S2/c1-21(2)35-28-8-6-5-7-22(28)15-27(30(35)37)29(36)31-23-16-24-9-10-25(17-23)34(24)19-26(42-3)18-32-11-13-33(14-12-32)44(40,41)20-43(4,38)39/h5-8,15,21,23-26H,9-14,16-20H2,1-4H3,(H,31,36)/t24-,25-,26?/m0/s1. The van der Waals surface area contributed by atoms with Crippen LogP contribution >= 0.6 is 0 Å². The lowest BCUT2D eigenvalue weighted by Crippen LogP contribution is -2.55. The summed E-state index contributed by atoms with van der Waals surface area (Å²) in [4.78, 5) is 31.5. The molecular weight excluding hydrogens is 606 g/mol. The fraction of sp³-hybridized carbons (Fsp3) is 0.667. The second-order valence-electron chi connectivity index (χ2n) is 12.8. The van der Waals surface area contributed by atoms with E-state index >= 15 is 0 Å². The molecule has 244 valence electrons. The summed E-state index contributed by atoms with van der Waals surface area (Å²) in [5, 5.41) is 3.18. The lowest BCUT2D eigenvalue weighted by atomic mass is 9.96. The third kappa shape index (κ3) is 7.37. The number of para-hydroxylation sites is 1. The summed E-state index contributed by atoms with van der Waals surface area (Å²) < 4.78 is 56.8. The van der Waals surface area contributed by atoms with Gasteiger partial charge in [-0.25, -0.2) is 16.8 Å². The molecule has 3 aliphatic heterocycles. The summed E-state index contributed by atoms with van der Waals surface area (Å²) in [5.41, 5.74) is 0.728. The van der Waals surface area contributed by atoms with Crippen LogP contribution < -0.4 is 10.9 Å². The van der Waals surface area contributed by atoms with E-state index < -0.39 is 24.9 Å². The largest absolute Gasteiger partial charge is 0.379 e. The number of sulfonamides is 1. The monoisotopic (exact) mass is 651 g/mol. The number of aromatic nitrogens is 1. The van der Waals surface area contributed by atoms with Gasteiger partial charge < -0.3 is 14.6 Å². The molecule has 0 radical (unpaired) electrons. The van der Waals surface area contributed by atoms with Gasteiger partial charge in [0.2, 0.25) is 10.0 Å². The number of rotatable bonds is 11. The van der Waals surface area contributed by atoms with Gasteiger partial charge in [-0.05, 0) is 57.0 Å². The number of sulfone groups is 1. The predicted molar refractivity (Wildman–Crippen MR) is 170 cm³/mol. The number of hydrogen-bond donors (Lipinski definition) is 1. The van der Waals surface area contributed by atoms with Crippen molar-refractivity contribution >= 4 is 36.7 Å². The molecule has 3 aliphatic rings. The van der Waals surface area contributed by atoms with Gasteiger partial charge in [0.25, 0.3) is 11.5 Å². The van der Waals surface area contributed by atoms with E-state index in [9.17, 15) is 26.4 Å². The summed E-state index contributed by atoms with van der Waals surface area (Å²) in [5.74, 6) is -0.319. The van der Waals surface area contributed by atoms with Crippen molar-refractivity contribution in [2.75, 3.05) is 57.7 Å². The van der Waals surface area contributed by atoms with Crippen LogP contribution in [0.1, 0.15) is 55.9 Å². The van der Waals surface area contributed by atoms with E-state index in [0.717, 1.165) is 49.4 Å². The Morgan fingerprint density at radius 1 is 1.00 bits per heavy atom. The maximum Gasteiger partial charge on any atom is 0.264 e. The van der Waals surface area contributed by atoms with Gasteiger partial charge in [0.1, 0.15) is 5.56 Å². The minimum absolute atomic E-state index is 0.0161. The Morgan fingerprint density at radius 2 is 1.64 bits per heavy atom. The van der Waals surface area contributed by atoms with Crippen LogP contribution in [-0.4, -0.2) is 123 Å². The molecule has 0 spiro atoms. The normalized spacial score (nSPS) is 24.6. The number of pyridine rings is 1. The van der Waals surface area contributed by atoms with E-state index in [1.807, 2.05) is 38.1 Å². The van der Waals surface area contributed by atoms with Crippen molar-refractivity contribution in [2.24, 2.45) is 0 Å². The van der Waals surface area contributed by atoms with Crippen LogP contribution in [0.5, 0.6) is 0 Å². The number of carbonyl (C=O) groups is 1. The number of amides is 1. The number of hydrogen-bond acceptors (Lipinski definition) is 9. The quantitative estimate of drug-likeness (QED) is 0.381. The molecular formula is C30H45N5O7S2. The van der Waals surface area contributed by atoms with Crippen LogP contribution in [0.25, 0.3) is 10.9 Å². The Morgan fingerprint density at radius 3 is 2.23 bits per heavy atom. The maximum atomic E-state index is 13.4. The zero-order chi connectivity index (χ0) is 31.8. The minimum Gasteiger partial charge on any atom is -0.379 e. The molecule has 1 N–H and O–H groups in total.